The predicted octanol–water partition coefficient (Wildman–Crippen LogP) is 2.82. The molecule has 26 heavy (non-hydrogen) atoms. The first-order valence-electron chi connectivity index (χ1n) is 8.03. The maximum Gasteiger partial charge on any atom is 0.252 e. The van der Waals surface area contributed by atoms with Crippen molar-refractivity contribution < 1.29 is 9.90 Å². The van der Waals surface area contributed by atoms with Gasteiger partial charge in [0.2, 0.25) is 4.80 Å². The van der Waals surface area contributed by atoms with Crippen LogP contribution in [0.4, 0.5) is 0 Å². The number of primary amides is 1. The number of rotatable bonds is 5. The van der Waals surface area contributed by atoms with Gasteiger partial charge in [0.05, 0.1) is 17.5 Å². The molecule has 0 aliphatic rings. The fraction of sp³-hybridized carbons (Fsp3) is 0.105. The summed E-state index contributed by atoms with van der Waals surface area (Å²) >= 11 is 1.45. The molecule has 3 rings (SSSR count). The van der Waals surface area contributed by atoms with E-state index in [9.17, 15) is 9.90 Å². The van der Waals surface area contributed by atoms with Crippen LogP contribution < -0.4 is 10.5 Å². The van der Waals surface area contributed by atoms with Crippen LogP contribution in [-0.2, 0) is 0 Å². The fourth-order valence-corrected chi connectivity index (χ4v) is 3.31. The average Bonchev–Trinajstić information content (AvgIpc) is 3.04. The Bertz CT molecular complexity index is 1020. The summed E-state index contributed by atoms with van der Waals surface area (Å²) in [6, 6.07) is 14.5. The van der Waals surface area contributed by atoms with E-state index in [0.29, 0.717) is 6.54 Å². The molecule has 1 amide bonds. The Labute approximate surface area is 154 Å². The molecule has 0 fully saturated rings. The maximum absolute atomic E-state index is 11.5. The molecule has 3 N–H and O–H groups in total. The second-order valence-electron chi connectivity index (χ2n) is 5.44. The van der Waals surface area contributed by atoms with Crippen molar-refractivity contribution >= 4 is 23.5 Å². The monoisotopic (exact) mass is 366 g/mol. The van der Waals surface area contributed by atoms with Crippen molar-refractivity contribution in [2.45, 2.75) is 6.92 Å². The number of nitrogens with zero attached hydrogens (tertiary/aromatic N) is 3. The van der Waals surface area contributed by atoms with Gasteiger partial charge in [-0.15, -0.1) is 11.3 Å². The molecule has 0 unspecified atom stereocenters. The van der Waals surface area contributed by atoms with Crippen molar-refractivity contribution in [2.75, 3.05) is 6.54 Å². The summed E-state index contributed by atoms with van der Waals surface area (Å²) in [6.07, 6.45) is 1.75. The zero-order valence-corrected chi connectivity index (χ0v) is 15.0. The van der Waals surface area contributed by atoms with Crippen molar-refractivity contribution in [3.05, 3.63) is 69.8 Å². The summed E-state index contributed by atoms with van der Waals surface area (Å²) in [6.45, 7) is 2.58. The van der Waals surface area contributed by atoms with Gasteiger partial charge >= 0.3 is 0 Å². The Hall–Kier alpha value is -3.19. The van der Waals surface area contributed by atoms with Gasteiger partial charge in [-0.05, 0) is 30.7 Å². The number of carbonyl (C=O) groups is 1. The number of hydrogen-bond donors (Lipinski definition) is 2. The molecule has 0 atom stereocenters. The van der Waals surface area contributed by atoms with E-state index in [4.69, 9.17) is 5.73 Å². The molecule has 0 aliphatic carbocycles. The lowest BCUT2D eigenvalue weighted by molar-refractivity contribution is 0.0998. The number of phenols is 1. The van der Waals surface area contributed by atoms with Crippen LogP contribution in [0, 0.1) is 0 Å². The fourth-order valence-electron chi connectivity index (χ4n) is 2.41. The van der Waals surface area contributed by atoms with E-state index in [2.05, 4.69) is 10.1 Å². The molecule has 2 aromatic carbocycles. The van der Waals surface area contributed by atoms with Gasteiger partial charge in [-0.3, -0.25) is 9.79 Å². The molecule has 0 aliphatic heterocycles. The first kappa shape index (κ1) is 17.6. The van der Waals surface area contributed by atoms with E-state index in [1.807, 2.05) is 42.6 Å². The zero-order chi connectivity index (χ0) is 18.5. The molecule has 3 aromatic rings. The van der Waals surface area contributed by atoms with Crippen molar-refractivity contribution in [2.24, 2.45) is 15.8 Å². The van der Waals surface area contributed by atoms with Crippen LogP contribution in [0.15, 0.2) is 64.0 Å². The van der Waals surface area contributed by atoms with Crippen molar-refractivity contribution in [3.8, 4) is 17.0 Å². The van der Waals surface area contributed by atoms with Crippen molar-refractivity contribution in [1.82, 2.24) is 4.68 Å². The number of aromatic nitrogens is 1. The number of carbonyl (C=O) groups excluding carboxylic acids is 1. The number of aromatic hydroxyl groups is 1. The Morgan fingerprint density at radius 3 is 2.73 bits per heavy atom. The molecule has 0 radical (unpaired) electrons. The van der Waals surface area contributed by atoms with Gasteiger partial charge < -0.3 is 10.8 Å². The van der Waals surface area contributed by atoms with Crippen LogP contribution in [-0.4, -0.2) is 28.4 Å². The first-order chi connectivity index (χ1) is 12.6. The van der Waals surface area contributed by atoms with E-state index >= 15 is 0 Å². The number of amides is 1. The Kier molecular flexibility index (Phi) is 5.28. The largest absolute Gasteiger partial charge is 0.507 e. The molecule has 132 valence electrons. The summed E-state index contributed by atoms with van der Waals surface area (Å²) in [7, 11) is 0. The molecule has 1 heterocycles. The van der Waals surface area contributed by atoms with E-state index in [-0.39, 0.29) is 11.3 Å². The molecular weight excluding hydrogens is 348 g/mol. The first-order valence-corrected chi connectivity index (χ1v) is 8.91. The second-order valence-corrected chi connectivity index (χ2v) is 6.28. The smallest absolute Gasteiger partial charge is 0.252 e. The molecule has 0 saturated heterocycles. The topological polar surface area (TPSA) is 93.0 Å². The zero-order valence-electron chi connectivity index (χ0n) is 14.2. The van der Waals surface area contributed by atoms with Crippen molar-refractivity contribution in [3.63, 3.8) is 0 Å². The van der Waals surface area contributed by atoms with Crippen LogP contribution in [0.25, 0.3) is 11.3 Å². The minimum atomic E-state index is -0.683. The van der Waals surface area contributed by atoms with Gasteiger partial charge in [-0.1, -0.05) is 30.3 Å². The van der Waals surface area contributed by atoms with Gasteiger partial charge in [0.15, 0.2) is 0 Å². The third-order valence-electron chi connectivity index (χ3n) is 3.66. The highest BCUT2D eigenvalue weighted by Crippen LogP contribution is 2.26. The number of nitrogens with two attached hydrogens (primary N) is 1. The quantitative estimate of drug-likeness (QED) is 0.680. The van der Waals surface area contributed by atoms with E-state index in [0.717, 1.165) is 21.6 Å². The van der Waals surface area contributed by atoms with E-state index < -0.39 is 5.91 Å². The Balaban J connectivity index is 2.12. The third-order valence-corrected chi connectivity index (χ3v) is 4.51. The molecule has 1 aromatic heterocycles. The highest BCUT2D eigenvalue weighted by atomic mass is 32.1. The van der Waals surface area contributed by atoms with Gasteiger partial charge in [0, 0.05) is 17.5 Å². The summed E-state index contributed by atoms with van der Waals surface area (Å²) < 4.78 is 1.72. The number of benzene rings is 2. The van der Waals surface area contributed by atoms with Crippen LogP contribution >= 0.6 is 11.3 Å². The van der Waals surface area contributed by atoms with Crippen LogP contribution in [0.5, 0.6) is 5.75 Å². The Morgan fingerprint density at radius 1 is 1.27 bits per heavy atom. The third kappa shape index (κ3) is 3.73. The van der Waals surface area contributed by atoms with E-state index in [1.165, 1.54) is 17.4 Å². The molecule has 0 bridgehead atoms. The van der Waals surface area contributed by atoms with E-state index in [1.54, 1.807) is 23.0 Å². The van der Waals surface area contributed by atoms with Crippen molar-refractivity contribution in [1.29, 1.82) is 0 Å². The van der Waals surface area contributed by atoms with Crippen LogP contribution in [0.3, 0.4) is 0 Å². The summed E-state index contributed by atoms with van der Waals surface area (Å²) in [4.78, 5) is 16.7. The molecular formula is C19H18N4O2S. The lowest BCUT2D eigenvalue weighted by atomic mass is 10.1. The highest BCUT2D eigenvalue weighted by Gasteiger charge is 2.13. The van der Waals surface area contributed by atoms with Gasteiger partial charge in [0.1, 0.15) is 5.75 Å². The minimum absolute atomic E-state index is 0.0706. The van der Waals surface area contributed by atoms with Gasteiger partial charge in [-0.2, -0.15) is 5.10 Å². The lowest BCUT2D eigenvalue weighted by Crippen LogP contribution is -2.13. The summed E-state index contributed by atoms with van der Waals surface area (Å²) in [5.41, 5.74) is 7.85. The normalized spacial score (nSPS) is 12.0. The summed E-state index contributed by atoms with van der Waals surface area (Å²) in [5.74, 6) is -0.827. The summed E-state index contributed by atoms with van der Waals surface area (Å²) in [5, 5.41) is 16.3. The lowest BCUT2D eigenvalue weighted by Gasteiger charge is -2.06. The van der Waals surface area contributed by atoms with Crippen LogP contribution in [0.1, 0.15) is 22.8 Å². The minimum Gasteiger partial charge on any atom is -0.507 e. The SMILES string of the molecule is CCN=c1scc(-c2ccc(O)c(C(N)=O)c2)n1/N=C\c1ccccc1. The maximum atomic E-state index is 11.5. The standard InChI is InChI=1S/C19H18N4O2S/c1-2-21-19-23(22-11-13-6-4-3-5-7-13)16(12-26-19)14-8-9-17(24)15(10-14)18(20)25/h3-12,24H,2H2,1H3,(H2,20,25)/b21-19?,22-11-. The molecule has 7 heteroatoms. The predicted molar refractivity (Wildman–Crippen MR) is 103 cm³/mol. The Morgan fingerprint density at radius 2 is 2.04 bits per heavy atom. The number of thiazole rings is 1. The number of hydrogen-bond acceptors (Lipinski definition) is 5. The molecule has 0 saturated carbocycles. The molecule has 6 nitrogen and oxygen atoms in total. The van der Waals surface area contributed by atoms with Crippen LogP contribution in [0.2, 0.25) is 0 Å². The van der Waals surface area contributed by atoms with Gasteiger partial charge in [-0.25, -0.2) is 4.68 Å². The average molecular weight is 366 g/mol. The second kappa shape index (κ2) is 7.79. The highest BCUT2D eigenvalue weighted by molar-refractivity contribution is 7.07. The van der Waals surface area contributed by atoms with Gasteiger partial charge in [0.25, 0.3) is 5.91 Å². The molecule has 0 spiro atoms.